The Morgan fingerprint density at radius 1 is 1.25 bits per heavy atom. The number of fused-ring (bicyclic) bond motifs is 1. The summed E-state index contributed by atoms with van der Waals surface area (Å²) < 4.78 is 13.1. The van der Waals surface area contributed by atoms with Crippen LogP contribution in [-0.4, -0.2) is 15.0 Å². The van der Waals surface area contributed by atoms with Crippen molar-refractivity contribution in [3.63, 3.8) is 0 Å². The van der Waals surface area contributed by atoms with Crippen molar-refractivity contribution in [1.29, 1.82) is 0 Å². The van der Waals surface area contributed by atoms with Crippen molar-refractivity contribution in [1.82, 2.24) is 15.0 Å². The SMILES string of the molecule is Fc1ccc(-c2nc3c(s2)C(Nc2ncncc2Cl)CCC3)cc1. The maximum Gasteiger partial charge on any atom is 0.148 e. The van der Waals surface area contributed by atoms with Crippen LogP contribution in [0.1, 0.15) is 29.5 Å². The fourth-order valence-electron chi connectivity index (χ4n) is 2.86. The van der Waals surface area contributed by atoms with Gasteiger partial charge in [0.2, 0.25) is 0 Å². The second kappa shape index (κ2) is 6.45. The molecule has 0 amide bonds. The van der Waals surface area contributed by atoms with Gasteiger partial charge in [-0.25, -0.2) is 19.3 Å². The molecule has 1 aliphatic carbocycles. The summed E-state index contributed by atoms with van der Waals surface area (Å²) in [5, 5.41) is 4.83. The Hall–Kier alpha value is -2.05. The molecule has 0 radical (unpaired) electrons. The topological polar surface area (TPSA) is 50.7 Å². The van der Waals surface area contributed by atoms with Gasteiger partial charge in [0.05, 0.1) is 22.8 Å². The minimum atomic E-state index is -0.238. The van der Waals surface area contributed by atoms with Gasteiger partial charge in [-0.2, -0.15) is 0 Å². The predicted octanol–water partition coefficient (Wildman–Crippen LogP) is 4.88. The average molecular weight is 361 g/mol. The molecule has 122 valence electrons. The molecule has 1 aromatic carbocycles. The first-order valence-corrected chi connectivity index (χ1v) is 8.88. The highest BCUT2D eigenvalue weighted by Crippen LogP contribution is 2.39. The molecule has 1 unspecified atom stereocenters. The minimum Gasteiger partial charge on any atom is -0.361 e. The lowest BCUT2D eigenvalue weighted by atomic mass is 9.98. The number of nitrogens with one attached hydrogen (secondary N) is 1. The molecule has 4 rings (SSSR count). The highest BCUT2D eigenvalue weighted by Gasteiger charge is 2.25. The van der Waals surface area contributed by atoms with E-state index in [0.29, 0.717) is 10.8 Å². The second-order valence-corrected chi connectivity index (χ2v) is 7.08. The van der Waals surface area contributed by atoms with Gasteiger partial charge < -0.3 is 5.32 Å². The molecule has 4 nitrogen and oxygen atoms in total. The molecule has 2 heterocycles. The lowest BCUT2D eigenvalue weighted by Gasteiger charge is -2.23. The van der Waals surface area contributed by atoms with Crippen LogP contribution in [0.15, 0.2) is 36.8 Å². The summed E-state index contributed by atoms with van der Waals surface area (Å²) in [6.07, 6.45) is 6.08. The van der Waals surface area contributed by atoms with Gasteiger partial charge in [0.15, 0.2) is 0 Å². The summed E-state index contributed by atoms with van der Waals surface area (Å²) in [4.78, 5) is 14.1. The van der Waals surface area contributed by atoms with E-state index in [0.717, 1.165) is 35.5 Å². The zero-order chi connectivity index (χ0) is 16.5. The Morgan fingerprint density at radius 2 is 2.08 bits per heavy atom. The van der Waals surface area contributed by atoms with E-state index in [1.54, 1.807) is 29.7 Å². The smallest absolute Gasteiger partial charge is 0.148 e. The van der Waals surface area contributed by atoms with Crippen molar-refractivity contribution < 1.29 is 4.39 Å². The third-order valence-corrected chi connectivity index (χ3v) is 5.56. The lowest BCUT2D eigenvalue weighted by Crippen LogP contribution is -2.16. The number of rotatable bonds is 3. The number of hydrogen-bond donors (Lipinski definition) is 1. The summed E-state index contributed by atoms with van der Waals surface area (Å²) >= 11 is 7.80. The van der Waals surface area contributed by atoms with Crippen molar-refractivity contribution in [2.24, 2.45) is 0 Å². The summed E-state index contributed by atoms with van der Waals surface area (Å²) in [5.41, 5.74) is 2.04. The quantitative estimate of drug-likeness (QED) is 0.723. The van der Waals surface area contributed by atoms with Gasteiger partial charge in [-0.15, -0.1) is 11.3 Å². The van der Waals surface area contributed by atoms with Gasteiger partial charge in [-0.3, -0.25) is 0 Å². The summed E-state index contributed by atoms with van der Waals surface area (Å²) in [6.45, 7) is 0. The highest BCUT2D eigenvalue weighted by molar-refractivity contribution is 7.15. The molecule has 0 saturated carbocycles. The molecule has 7 heteroatoms. The minimum absolute atomic E-state index is 0.132. The van der Waals surface area contributed by atoms with Crippen LogP contribution in [0.3, 0.4) is 0 Å². The van der Waals surface area contributed by atoms with Crippen LogP contribution in [0, 0.1) is 5.82 Å². The van der Waals surface area contributed by atoms with Gasteiger partial charge in [-0.1, -0.05) is 11.6 Å². The second-order valence-electron chi connectivity index (χ2n) is 5.65. The zero-order valence-corrected chi connectivity index (χ0v) is 14.2. The van der Waals surface area contributed by atoms with Gasteiger partial charge in [0.25, 0.3) is 0 Å². The van der Waals surface area contributed by atoms with Crippen molar-refractivity contribution in [3.05, 3.63) is 58.2 Å². The van der Waals surface area contributed by atoms with E-state index in [4.69, 9.17) is 16.6 Å². The highest BCUT2D eigenvalue weighted by atomic mass is 35.5. The number of anilines is 1. The fourth-order valence-corrected chi connectivity index (χ4v) is 4.22. The van der Waals surface area contributed by atoms with E-state index in [1.807, 2.05) is 0 Å². The Balaban J connectivity index is 1.65. The van der Waals surface area contributed by atoms with Crippen LogP contribution in [0.4, 0.5) is 10.2 Å². The first kappa shape index (κ1) is 15.5. The molecule has 0 aliphatic heterocycles. The number of aromatic nitrogens is 3. The Morgan fingerprint density at radius 3 is 2.88 bits per heavy atom. The van der Waals surface area contributed by atoms with Crippen LogP contribution in [-0.2, 0) is 6.42 Å². The molecule has 1 atom stereocenters. The molecule has 0 spiro atoms. The molecule has 1 aliphatic rings. The van der Waals surface area contributed by atoms with Crippen molar-refractivity contribution in [2.75, 3.05) is 5.32 Å². The van der Waals surface area contributed by atoms with E-state index in [9.17, 15) is 4.39 Å². The molecule has 3 aromatic rings. The third-order valence-electron chi connectivity index (χ3n) is 4.02. The van der Waals surface area contributed by atoms with E-state index in [-0.39, 0.29) is 11.9 Å². The molecule has 0 saturated heterocycles. The Labute approximate surface area is 147 Å². The van der Waals surface area contributed by atoms with Crippen LogP contribution < -0.4 is 5.32 Å². The Bertz CT molecular complexity index is 865. The Kier molecular flexibility index (Phi) is 4.16. The normalized spacial score (nSPS) is 16.7. The summed E-state index contributed by atoms with van der Waals surface area (Å²) in [5.74, 6) is 0.402. The van der Waals surface area contributed by atoms with Crippen molar-refractivity contribution in [2.45, 2.75) is 25.3 Å². The van der Waals surface area contributed by atoms with Crippen LogP contribution >= 0.6 is 22.9 Å². The fraction of sp³-hybridized carbons (Fsp3) is 0.235. The van der Waals surface area contributed by atoms with E-state index >= 15 is 0 Å². The summed E-state index contributed by atoms with van der Waals surface area (Å²) in [7, 11) is 0. The average Bonchev–Trinajstić information content (AvgIpc) is 3.03. The molecule has 0 bridgehead atoms. The van der Waals surface area contributed by atoms with Crippen molar-refractivity contribution >= 4 is 28.8 Å². The number of halogens is 2. The number of aryl methyl sites for hydroxylation is 1. The first-order valence-electron chi connectivity index (χ1n) is 7.68. The van der Waals surface area contributed by atoms with Crippen LogP contribution in [0.5, 0.6) is 0 Å². The molecule has 1 N–H and O–H groups in total. The maximum atomic E-state index is 13.1. The molecule has 2 aromatic heterocycles. The predicted molar refractivity (Wildman–Crippen MR) is 93.9 cm³/mol. The molecular formula is C17H14ClFN4S. The van der Waals surface area contributed by atoms with Crippen LogP contribution in [0.25, 0.3) is 10.6 Å². The van der Waals surface area contributed by atoms with Crippen molar-refractivity contribution in [3.8, 4) is 10.6 Å². The van der Waals surface area contributed by atoms with E-state index < -0.39 is 0 Å². The number of thiazole rings is 1. The van der Waals surface area contributed by atoms with Gasteiger partial charge in [0, 0.05) is 5.56 Å². The standard InChI is InChI=1S/C17H14ClFN4S/c18-12-8-20-9-21-16(12)22-13-2-1-3-14-15(13)24-17(23-14)10-4-6-11(19)7-5-10/h4-9,13H,1-3H2,(H,20,21,22). The number of nitrogens with zero attached hydrogens (tertiary/aromatic N) is 3. The number of hydrogen-bond acceptors (Lipinski definition) is 5. The van der Waals surface area contributed by atoms with E-state index in [1.165, 1.54) is 23.3 Å². The summed E-state index contributed by atoms with van der Waals surface area (Å²) in [6, 6.07) is 6.60. The van der Waals surface area contributed by atoms with Gasteiger partial charge in [0.1, 0.15) is 28.0 Å². The van der Waals surface area contributed by atoms with Gasteiger partial charge >= 0.3 is 0 Å². The third kappa shape index (κ3) is 2.99. The largest absolute Gasteiger partial charge is 0.361 e. The van der Waals surface area contributed by atoms with Gasteiger partial charge in [-0.05, 0) is 43.5 Å². The molecular weight excluding hydrogens is 347 g/mol. The monoisotopic (exact) mass is 360 g/mol. The van der Waals surface area contributed by atoms with E-state index in [2.05, 4.69) is 15.3 Å². The lowest BCUT2D eigenvalue weighted by molar-refractivity contribution is 0.600. The van der Waals surface area contributed by atoms with Crippen LogP contribution in [0.2, 0.25) is 5.02 Å². The maximum absolute atomic E-state index is 13.1. The zero-order valence-electron chi connectivity index (χ0n) is 12.7. The molecule has 0 fully saturated rings. The number of benzene rings is 1. The molecule has 24 heavy (non-hydrogen) atoms. The first-order chi connectivity index (χ1) is 11.7.